The molecule has 0 spiro atoms. The second kappa shape index (κ2) is 10.9. The number of nitriles is 1. The van der Waals surface area contributed by atoms with Crippen molar-refractivity contribution in [2.24, 2.45) is 11.3 Å². The van der Waals surface area contributed by atoms with Gasteiger partial charge in [-0.2, -0.15) is 5.26 Å². The van der Waals surface area contributed by atoms with Crippen LogP contribution in [0.2, 0.25) is 5.02 Å². The molecule has 3 fully saturated rings. The average molecular weight is 596 g/mol. The van der Waals surface area contributed by atoms with Gasteiger partial charge in [0.1, 0.15) is 23.1 Å². The molecule has 2 aliphatic carbocycles. The maximum atomic E-state index is 14.4. The Balaban J connectivity index is 1.36. The molecule has 0 bridgehead atoms. The Hall–Kier alpha value is -3.22. The molecular weight excluding hydrogens is 565 g/mol. The lowest BCUT2D eigenvalue weighted by atomic mass is 9.73. The van der Waals surface area contributed by atoms with E-state index in [4.69, 9.17) is 21.0 Å². The van der Waals surface area contributed by atoms with Crippen LogP contribution in [-0.4, -0.2) is 43.8 Å². The Morgan fingerprint density at radius 3 is 2.44 bits per heavy atom. The van der Waals surface area contributed by atoms with E-state index in [0.29, 0.717) is 30.1 Å². The number of halogens is 2. The molecule has 1 saturated heterocycles. The van der Waals surface area contributed by atoms with Crippen LogP contribution in [0, 0.1) is 28.5 Å². The minimum atomic E-state index is -2.99. The third kappa shape index (κ3) is 5.77. The number of rotatable bonds is 7. The first kappa shape index (κ1) is 27.9. The molecule has 2 aromatic carbocycles. The molecule has 0 N–H and O–H groups in total. The summed E-state index contributed by atoms with van der Waals surface area (Å²) in [5.41, 5.74) is 2.26. The van der Waals surface area contributed by atoms with E-state index in [1.807, 2.05) is 24.3 Å². The van der Waals surface area contributed by atoms with Gasteiger partial charge in [-0.15, -0.1) is 0 Å². The fourth-order valence-corrected chi connectivity index (χ4v) is 7.44. The molecule has 214 valence electrons. The summed E-state index contributed by atoms with van der Waals surface area (Å²) in [7, 11) is -2.99. The number of carbonyl (C=O) groups excluding carboxylic acids is 1. The van der Waals surface area contributed by atoms with Crippen molar-refractivity contribution in [3.05, 3.63) is 59.1 Å². The number of benzene rings is 2. The second-order valence-electron chi connectivity index (χ2n) is 11.6. The van der Waals surface area contributed by atoms with Crippen molar-refractivity contribution in [1.29, 1.82) is 5.26 Å². The first-order valence-electron chi connectivity index (χ1n) is 14.1. The highest BCUT2D eigenvalue weighted by atomic mass is 35.5. The number of aromatic nitrogens is 1. The fraction of sp³-hybridized carbons (Fsp3) is 0.452. The maximum Gasteiger partial charge on any atom is 0.226 e. The van der Waals surface area contributed by atoms with Crippen LogP contribution in [-0.2, 0) is 14.6 Å². The van der Waals surface area contributed by atoms with Crippen LogP contribution in [0.3, 0.4) is 0 Å². The molecule has 2 heterocycles. The van der Waals surface area contributed by atoms with Crippen LogP contribution < -0.4 is 4.90 Å². The van der Waals surface area contributed by atoms with E-state index in [2.05, 4.69) is 11.0 Å². The number of hydrogen-bond acceptors (Lipinski definition) is 7. The summed E-state index contributed by atoms with van der Waals surface area (Å²) in [6.45, 7) is 0.887. The predicted octanol–water partition coefficient (Wildman–Crippen LogP) is 6.57. The first-order chi connectivity index (χ1) is 19.7. The van der Waals surface area contributed by atoms with Crippen LogP contribution in [0.5, 0.6) is 0 Å². The van der Waals surface area contributed by atoms with Crippen LogP contribution in [0.1, 0.15) is 56.6 Å². The molecule has 6 rings (SSSR count). The SMILES string of the molecule is N#CC1(CC(=O)[C@@H]2CCCC[C@H]2c2oc(-c3ccc(Cl)c(F)c3)nc2-c2ccc(N3CCS(=O)(=O)CC3)cc2)CC1. The molecule has 0 radical (unpaired) electrons. The Kier molecular flexibility index (Phi) is 7.41. The number of oxazole rings is 1. The fourth-order valence-electron chi connectivity index (χ4n) is 6.12. The van der Waals surface area contributed by atoms with Crippen LogP contribution in [0.4, 0.5) is 10.1 Å². The summed E-state index contributed by atoms with van der Waals surface area (Å²) in [4.78, 5) is 20.4. The molecule has 2 saturated carbocycles. The molecule has 3 aromatic rings. The van der Waals surface area contributed by atoms with Crippen molar-refractivity contribution in [2.75, 3.05) is 29.5 Å². The van der Waals surface area contributed by atoms with E-state index in [1.165, 1.54) is 12.1 Å². The van der Waals surface area contributed by atoms with Gasteiger partial charge in [0.25, 0.3) is 0 Å². The highest BCUT2D eigenvalue weighted by Crippen LogP contribution is 2.51. The van der Waals surface area contributed by atoms with Crippen molar-refractivity contribution in [3.8, 4) is 28.8 Å². The van der Waals surface area contributed by atoms with E-state index in [-0.39, 0.29) is 46.5 Å². The summed E-state index contributed by atoms with van der Waals surface area (Å²) in [5, 5.41) is 9.59. The number of sulfone groups is 1. The summed E-state index contributed by atoms with van der Waals surface area (Å²) in [6.07, 6.45) is 5.16. The monoisotopic (exact) mass is 595 g/mol. The van der Waals surface area contributed by atoms with Gasteiger partial charge in [-0.25, -0.2) is 17.8 Å². The van der Waals surface area contributed by atoms with Crippen molar-refractivity contribution in [1.82, 2.24) is 4.98 Å². The normalized spacial score (nSPS) is 23.1. The van der Waals surface area contributed by atoms with E-state index in [0.717, 1.165) is 49.8 Å². The van der Waals surface area contributed by atoms with Crippen LogP contribution in [0.15, 0.2) is 46.9 Å². The number of hydrogen-bond donors (Lipinski definition) is 0. The lowest BCUT2D eigenvalue weighted by molar-refractivity contribution is -0.125. The van der Waals surface area contributed by atoms with E-state index in [9.17, 15) is 22.9 Å². The van der Waals surface area contributed by atoms with E-state index < -0.39 is 21.1 Å². The van der Waals surface area contributed by atoms with Gasteiger partial charge in [-0.1, -0.05) is 36.6 Å². The first-order valence-corrected chi connectivity index (χ1v) is 16.3. The zero-order chi connectivity index (χ0) is 28.8. The number of nitrogens with zero attached hydrogens (tertiary/aromatic N) is 3. The maximum absolute atomic E-state index is 14.4. The zero-order valence-corrected chi connectivity index (χ0v) is 24.2. The number of Topliss-reactive ketones (excluding diaryl/α,β-unsaturated/α-hetero) is 1. The molecular formula is C31H31ClFN3O4S. The smallest absolute Gasteiger partial charge is 0.226 e. The third-order valence-corrected chi connectivity index (χ3v) is 10.7. The topological polar surface area (TPSA) is 104 Å². The highest BCUT2D eigenvalue weighted by Gasteiger charge is 2.47. The lowest BCUT2D eigenvalue weighted by Gasteiger charge is -2.30. The minimum absolute atomic E-state index is 0.00583. The molecule has 41 heavy (non-hydrogen) atoms. The minimum Gasteiger partial charge on any atom is -0.440 e. The van der Waals surface area contributed by atoms with Crippen LogP contribution >= 0.6 is 11.6 Å². The Labute approximate surface area is 244 Å². The summed E-state index contributed by atoms with van der Waals surface area (Å²) in [5.74, 6) is 0.175. The highest BCUT2D eigenvalue weighted by molar-refractivity contribution is 7.91. The number of carbonyl (C=O) groups is 1. The number of anilines is 1. The summed E-state index contributed by atoms with van der Waals surface area (Å²) >= 11 is 5.92. The largest absolute Gasteiger partial charge is 0.440 e. The van der Waals surface area contributed by atoms with Gasteiger partial charge in [0.15, 0.2) is 9.84 Å². The van der Waals surface area contributed by atoms with E-state index in [1.54, 1.807) is 6.07 Å². The second-order valence-corrected chi connectivity index (χ2v) is 14.3. The Morgan fingerprint density at radius 2 is 1.78 bits per heavy atom. The Morgan fingerprint density at radius 1 is 1.10 bits per heavy atom. The molecule has 0 unspecified atom stereocenters. The van der Waals surface area contributed by atoms with Gasteiger partial charge >= 0.3 is 0 Å². The van der Waals surface area contributed by atoms with Gasteiger partial charge in [-0.3, -0.25) is 4.79 Å². The summed E-state index contributed by atoms with van der Waals surface area (Å²) in [6, 6.07) is 14.5. The predicted molar refractivity (Wildman–Crippen MR) is 155 cm³/mol. The Bertz CT molecular complexity index is 1610. The molecule has 7 nitrogen and oxygen atoms in total. The zero-order valence-electron chi connectivity index (χ0n) is 22.6. The summed E-state index contributed by atoms with van der Waals surface area (Å²) < 4.78 is 44.5. The quantitative estimate of drug-likeness (QED) is 0.304. The molecule has 3 aliphatic rings. The van der Waals surface area contributed by atoms with Crippen molar-refractivity contribution < 1.29 is 22.0 Å². The van der Waals surface area contributed by atoms with Crippen molar-refractivity contribution in [2.45, 2.75) is 50.9 Å². The lowest BCUT2D eigenvalue weighted by Crippen LogP contribution is -2.40. The molecule has 10 heteroatoms. The third-order valence-electron chi connectivity index (χ3n) is 8.79. The average Bonchev–Trinajstić information content (AvgIpc) is 3.61. The van der Waals surface area contributed by atoms with Gasteiger partial charge in [0.05, 0.1) is 28.0 Å². The number of ketones is 1. The van der Waals surface area contributed by atoms with Crippen molar-refractivity contribution >= 4 is 32.9 Å². The van der Waals surface area contributed by atoms with Crippen LogP contribution in [0.25, 0.3) is 22.7 Å². The van der Waals surface area contributed by atoms with Gasteiger partial charge in [-0.05, 0) is 56.0 Å². The standard InChI is InChI=1S/C31H31ClFN3O4S/c32-25-10-7-21(17-26(25)33)30-35-28(20-5-8-22(9-6-20)36-13-15-41(38,39)16-14-36)29(40-30)24-4-2-1-3-23(24)27(37)18-31(19-34)11-12-31/h5-10,17,23-24H,1-4,11-16,18H2/t23-,24-/m1/s1. The molecule has 1 aliphatic heterocycles. The van der Waals surface area contributed by atoms with Gasteiger partial charge in [0.2, 0.25) is 5.89 Å². The van der Waals surface area contributed by atoms with E-state index >= 15 is 0 Å². The van der Waals surface area contributed by atoms with Gasteiger partial charge < -0.3 is 9.32 Å². The molecule has 1 aromatic heterocycles. The van der Waals surface area contributed by atoms with Crippen molar-refractivity contribution in [3.63, 3.8) is 0 Å². The van der Waals surface area contributed by atoms with Gasteiger partial charge in [0, 0.05) is 48.2 Å². The molecule has 2 atom stereocenters. The molecule has 0 amide bonds.